The summed E-state index contributed by atoms with van der Waals surface area (Å²) in [7, 11) is 2.18. The van der Waals surface area contributed by atoms with Gasteiger partial charge in [-0.25, -0.2) is 0 Å². The second-order valence-corrected chi connectivity index (χ2v) is 4.76. The third-order valence-corrected chi connectivity index (χ3v) is 3.25. The Morgan fingerprint density at radius 3 is 2.93 bits per heavy atom. The summed E-state index contributed by atoms with van der Waals surface area (Å²) in [6.07, 6.45) is 8.66. The molecule has 1 N–H and O–H groups in total. The average molecular weight is 210 g/mol. The highest BCUT2D eigenvalue weighted by Gasteiger charge is 2.09. The number of nitrogens with zero attached hydrogens (tertiary/aromatic N) is 1. The molecule has 2 unspecified atom stereocenters. The highest BCUT2D eigenvalue weighted by molar-refractivity contribution is 4.96. The summed E-state index contributed by atoms with van der Waals surface area (Å²) in [5.74, 6) is 0.841. The van der Waals surface area contributed by atoms with E-state index in [9.17, 15) is 0 Å². The largest absolute Gasteiger partial charge is 0.313 e. The molecule has 0 heterocycles. The van der Waals surface area contributed by atoms with Crippen molar-refractivity contribution in [1.82, 2.24) is 10.2 Å². The van der Waals surface area contributed by atoms with E-state index in [1.165, 1.54) is 19.3 Å². The second kappa shape index (κ2) is 7.02. The Morgan fingerprint density at radius 1 is 1.53 bits per heavy atom. The summed E-state index contributed by atoms with van der Waals surface area (Å²) in [4.78, 5) is 2.35. The zero-order chi connectivity index (χ0) is 11.1. The highest BCUT2D eigenvalue weighted by atomic mass is 15.1. The fourth-order valence-electron chi connectivity index (χ4n) is 2.11. The summed E-state index contributed by atoms with van der Waals surface area (Å²) in [5, 5.41) is 3.60. The van der Waals surface area contributed by atoms with Gasteiger partial charge >= 0.3 is 0 Å². The number of likely N-dealkylation sites (N-methyl/N-ethyl adjacent to an activating group) is 1. The van der Waals surface area contributed by atoms with Crippen LogP contribution < -0.4 is 5.32 Å². The minimum Gasteiger partial charge on any atom is -0.313 e. The molecular formula is C13H26N2. The van der Waals surface area contributed by atoms with Gasteiger partial charge in [-0.05, 0) is 52.2 Å². The van der Waals surface area contributed by atoms with Gasteiger partial charge in [-0.3, -0.25) is 0 Å². The van der Waals surface area contributed by atoms with Crippen LogP contribution in [0.3, 0.4) is 0 Å². The van der Waals surface area contributed by atoms with Gasteiger partial charge in [0.1, 0.15) is 0 Å². The van der Waals surface area contributed by atoms with E-state index in [2.05, 4.69) is 43.3 Å². The Kier molecular flexibility index (Phi) is 5.96. The van der Waals surface area contributed by atoms with Crippen molar-refractivity contribution in [2.75, 3.05) is 26.7 Å². The first-order chi connectivity index (χ1) is 7.22. The molecule has 2 atom stereocenters. The maximum atomic E-state index is 3.60. The van der Waals surface area contributed by atoms with Crippen LogP contribution in [-0.2, 0) is 0 Å². The third kappa shape index (κ3) is 5.33. The van der Waals surface area contributed by atoms with Gasteiger partial charge in [0, 0.05) is 12.6 Å². The van der Waals surface area contributed by atoms with Crippen molar-refractivity contribution in [3.63, 3.8) is 0 Å². The van der Waals surface area contributed by atoms with Crippen LogP contribution in [0.25, 0.3) is 0 Å². The molecule has 15 heavy (non-hydrogen) atoms. The van der Waals surface area contributed by atoms with Crippen molar-refractivity contribution in [2.45, 2.75) is 39.2 Å². The smallest absolute Gasteiger partial charge is 0.0166 e. The molecule has 2 heteroatoms. The molecule has 0 spiro atoms. The molecule has 1 aliphatic rings. The Morgan fingerprint density at radius 2 is 2.33 bits per heavy atom. The number of allylic oxidation sites excluding steroid dienone is 2. The summed E-state index contributed by atoms with van der Waals surface area (Å²) in [6.45, 7) is 7.93. The minimum atomic E-state index is 0.611. The fraction of sp³-hybridized carbons (Fsp3) is 0.846. The lowest BCUT2D eigenvalue weighted by Gasteiger charge is -2.21. The molecule has 0 saturated carbocycles. The van der Waals surface area contributed by atoms with Gasteiger partial charge in [0.15, 0.2) is 0 Å². The van der Waals surface area contributed by atoms with Crippen molar-refractivity contribution in [1.29, 1.82) is 0 Å². The molecule has 0 amide bonds. The Hall–Kier alpha value is -0.340. The van der Waals surface area contributed by atoms with E-state index in [1.54, 1.807) is 0 Å². The molecule has 1 aliphatic carbocycles. The molecule has 2 nitrogen and oxygen atoms in total. The van der Waals surface area contributed by atoms with Gasteiger partial charge < -0.3 is 10.2 Å². The predicted molar refractivity (Wildman–Crippen MR) is 67.1 cm³/mol. The van der Waals surface area contributed by atoms with Crippen LogP contribution in [0.4, 0.5) is 0 Å². The second-order valence-electron chi connectivity index (χ2n) is 4.76. The number of rotatable bonds is 7. The van der Waals surface area contributed by atoms with Crippen molar-refractivity contribution in [3.8, 4) is 0 Å². The van der Waals surface area contributed by atoms with Gasteiger partial charge in [0.25, 0.3) is 0 Å². The molecule has 0 fully saturated rings. The maximum Gasteiger partial charge on any atom is 0.0166 e. The van der Waals surface area contributed by atoms with Gasteiger partial charge in [-0.15, -0.1) is 0 Å². The van der Waals surface area contributed by atoms with E-state index >= 15 is 0 Å². The molecule has 0 aromatic carbocycles. The lowest BCUT2D eigenvalue weighted by molar-refractivity contribution is 0.307. The molecule has 0 aromatic rings. The molecule has 88 valence electrons. The molecule has 0 aromatic heterocycles. The summed E-state index contributed by atoms with van der Waals surface area (Å²) in [5.41, 5.74) is 0. The summed E-state index contributed by atoms with van der Waals surface area (Å²) < 4.78 is 0. The Balaban J connectivity index is 2.01. The van der Waals surface area contributed by atoms with Crippen LogP contribution in [0.15, 0.2) is 12.2 Å². The molecule has 1 rings (SSSR count). The van der Waals surface area contributed by atoms with Gasteiger partial charge in [0.2, 0.25) is 0 Å². The first-order valence-electron chi connectivity index (χ1n) is 6.31. The average Bonchev–Trinajstić information content (AvgIpc) is 2.70. The summed E-state index contributed by atoms with van der Waals surface area (Å²) >= 11 is 0. The van der Waals surface area contributed by atoms with Crippen LogP contribution in [0.5, 0.6) is 0 Å². The Bertz CT molecular complexity index is 189. The van der Waals surface area contributed by atoms with Crippen LogP contribution in [0, 0.1) is 5.92 Å². The molecule has 0 radical (unpaired) electrons. The maximum absolute atomic E-state index is 3.60. The van der Waals surface area contributed by atoms with E-state index in [-0.39, 0.29) is 0 Å². The normalized spacial score (nSPS) is 22.5. The van der Waals surface area contributed by atoms with E-state index in [1.807, 2.05) is 0 Å². The van der Waals surface area contributed by atoms with Crippen molar-refractivity contribution in [2.24, 2.45) is 5.92 Å². The first-order valence-corrected chi connectivity index (χ1v) is 6.31. The fourth-order valence-corrected chi connectivity index (χ4v) is 2.11. The minimum absolute atomic E-state index is 0.611. The Labute approximate surface area is 94.7 Å². The number of nitrogens with one attached hydrogen (secondary N) is 1. The third-order valence-electron chi connectivity index (χ3n) is 3.25. The van der Waals surface area contributed by atoms with Crippen molar-refractivity contribution < 1.29 is 0 Å². The van der Waals surface area contributed by atoms with E-state index in [0.717, 1.165) is 25.6 Å². The quantitative estimate of drug-likeness (QED) is 0.649. The number of hydrogen-bond donors (Lipinski definition) is 1. The lowest BCUT2D eigenvalue weighted by Crippen LogP contribution is -2.38. The zero-order valence-electron chi connectivity index (χ0n) is 10.5. The predicted octanol–water partition coefficient (Wildman–Crippen LogP) is 2.27. The lowest BCUT2D eigenvalue weighted by atomic mass is 10.1. The molecule has 0 bridgehead atoms. The summed E-state index contributed by atoms with van der Waals surface area (Å²) in [6, 6.07) is 0.611. The monoisotopic (exact) mass is 210 g/mol. The van der Waals surface area contributed by atoms with E-state index in [4.69, 9.17) is 0 Å². The standard InChI is InChI=1S/C13H26N2/c1-4-15(3)11-12(2)14-10-9-13-7-5-6-8-13/h5,7,12-14H,4,6,8-11H2,1-3H3. The van der Waals surface area contributed by atoms with Crippen LogP contribution in [0.2, 0.25) is 0 Å². The molecular weight excluding hydrogens is 184 g/mol. The number of hydrogen-bond acceptors (Lipinski definition) is 2. The molecule has 0 aliphatic heterocycles. The van der Waals surface area contributed by atoms with Crippen LogP contribution in [0.1, 0.15) is 33.1 Å². The topological polar surface area (TPSA) is 15.3 Å². The van der Waals surface area contributed by atoms with Gasteiger partial charge in [0.05, 0.1) is 0 Å². The first kappa shape index (κ1) is 12.7. The van der Waals surface area contributed by atoms with Crippen LogP contribution in [-0.4, -0.2) is 37.6 Å². The highest BCUT2D eigenvalue weighted by Crippen LogP contribution is 2.19. The molecule has 0 saturated heterocycles. The van der Waals surface area contributed by atoms with Crippen LogP contribution >= 0.6 is 0 Å². The van der Waals surface area contributed by atoms with Crippen molar-refractivity contribution in [3.05, 3.63) is 12.2 Å². The SMILES string of the molecule is CCN(C)CC(C)NCCC1C=CCC1. The van der Waals surface area contributed by atoms with E-state index < -0.39 is 0 Å². The van der Waals surface area contributed by atoms with Gasteiger partial charge in [-0.1, -0.05) is 19.1 Å². The zero-order valence-corrected chi connectivity index (χ0v) is 10.5. The van der Waals surface area contributed by atoms with Crippen molar-refractivity contribution >= 4 is 0 Å². The van der Waals surface area contributed by atoms with E-state index in [0.29, 0.717) is 6.04 Å². The van der Waals surface area contributed by atoms with Gasteiger partial charge in [-0.2, -0.15) is 0 Å².